The summed E-state index contributed by atoms with van der Waals surface area (Å²) in [6.07, 6.45) is 4.10. The third-order valence-electron chi connectivity index (χ3n) is 4.84. The third kappa shape index (κ3) is 4.27. The van der Waals surface area contributed by atoms with E-state index in [1.807, 2.05) is 79.2 Å². The van der Waals surface area contributed by atoms with Crippen molar-refractivity contribution in [3.8, 4) is 5.69 Å². The van der Waals surface area contributed by atoms with Gasteiger partial charge in [-0.1, -0.05) is 30.3 Å². The van der Waals surface area contributed by atoms with Gasteiger partial charge in [-0.25, -0.2) is 9.67 Å². The molecule has 0 saturated carbocycles. The lowest BCUT2D eigenvalue weighted by atomic mass is 10.0. The maximum absolute atomic E-state index is 12.9. The first kappa shape index (κ1) is 18.7. The second-order valence-electron chi connectivity index (χ2n) is 7.06. The van der Waals surface area contributed by atoms with E-state index in [0.717, 1.165) is 28.5 Å². The van der Waals surface area contributed by atoms with E-state index in [9.17, 15) is 4.79 Å². The lowest BCUT2D eigenvalue weighted by molar-refractivity contribution is 0.0936. The molecule has 1 amide bonds. The maximum atomic E-state index is 12.9. The summed E-state index contributed by atoms with van der Waals surface area (Å²) in [6.45, 7) is 3.98. The number of nitrogens with zero attached hydrogens (tertiary/aromatic N) is 3. The SMILES string of the molecule is Cc1cc(C)n(-c2ccc(C(=O)N[C@H](Cc3ncc[nH]3)c3ccccc3)cc2)n1. The average Bonchev–Trinajstić information content (AvgIpc) is 3.37. The quantitative estimate of drug-likeness (QED) is 0.528. The normalized spacial score (nSPS) is 11.9. The van der Waals surface area contributed by atoms with Gasteiger partial charge in [0, 0.05) is 30.1 Å². The minimum Gasteiger partial charge on any atom is -0.349 e. The molecule has 4 aromatic rings. The van der Waals surface area contributed by atoms with E-state index < -0.39 is 0 Å². The highest BCUT2D eigenvalue weighted by Gasteiger charge is 2.17. The van der Waals surface area contributed by atoms with Crippen LogP contribution in [0, 0.1) is 13.8 Å². The Morgan fingerprint density at radius 2 is 1.86 bits per heavy atom. The number of rotatable bonds is 6. The number of hydrogen-bond acceptors (Lipinski definition) is 3. The molecule has 0 unspecified atom stereocenters. The number of aromatic nitrogens is 4. The van der Waals surface area contributed by atoms with Gasteiger partial charge in [-0.2, -0.15) is 5.10 Å². The number of aryl methyl sites for hydroxylation is 2. The van der Waals surface area contributed by atoms with E-state index in [1.54, 1.807) is 12.4 Å². The Bertz CT molecular complexity index is 1080. The lowest BCUT2D eigenvalue weighted by Crippen LogP contribution is -2.30. The average molecular weight is 385 g/mol. The monoisotopic (exact) mass is 385 g/mol. The highest BCUT2D eigenvalue weighted by molar-refractivity contribution is 5.94. The minimum atomic E-state index is -0.175. The van der Waals surface area contributed by atoms with Crippen molar-refractivity contribution in [2.24, 2.45) is 0 Å². The van der Waals surface area contributed by atoms with Crippen LogP contribution in [-0.4, -0.2) is 25.7 Å². The molecule has 0 fully saturated rings. The number of carbonyl (C=O) groups is 1. The second kappa shape index (κ2) is 8.14. The van der Waals surface area contributed by atoms with E-state index in [-0.39, 0.29) is 11.9 Å². The van der Waals surface area contributed by atoms with Crippen molar-refractivity contribution in [2.45, 2.75) is 26.3 Å². The summed E-state index contributed by atoms with van der Waals surface area (Å²) in [5.74, 6) is 0.712. The molecule has 29 heavy (non-hydrogen) atoms. The van der Waals surface area contributed by atoms with Gasteiger partial charge in [0.1, 0.15) is 5.82 Å². The highest BCUT2D eigenvalue weighted by Crippen LogP contribution is 2.18. The topological polar surface area (TPSA) is 75.6 Å². The number of H-pyrrole nitrogens is 1. The fraction of sp³-hybridized carbons (Fsp3) is 0.174. The van der Waals surface area contributed by atoms with Crippen LogP contribution in [0.2, 0.25) is 0 Å². The number of hydrogen-bond donors (Lipinski definition) is 2. The summed E-state index contributed by atoms with van der Waals surface area (Å²) in [5, 5.41) is 7.63. The molecule has 0 aliphatic rings. The number of nitrogens with one attached hydrogen (secondary N) is 2. The van der Waals surface area contributed by atoms with Gasteiger partial charge in [-0.05, 0) is 49.7 Å². The summed E-state index contributed by atoms with van der Waals surface area (Å²) in [5.41, 5.74) is 4.60. The van der Waals surface area contributed by atoms with Crippen LogP contribution in [0.3, 0.4) is 0 Å². The summed E-state index contributed by atoms with van der Waals surface area (Å²) in [4.78, 5) is 20.3. The molecule has 0 aliphatic heterocycles. The van der Waals surface area contributed by atoms with Crippen molar-refractivity contribution in [3.63, 3.8) is 0 Å². The Morgan fingerprint density at radius 3 is 2.48 bits per heavy atom. The Morgan fingerprint density at radius 1 is 1.10 bits per heavy atom. The molecule has 0 radical (unpaired) electrons. The molecule has 4 rings (SSSR count). The van der Waals surface area contributed by atoms with Gasteiger partial charge in [-0.3, -0.25) is 4.79 Å². The summed E-state index contributed by atoms with van der Waals surface area (Å²) < 4.78 is 1.88. The Balaban J connectivity index is 1.53. The zero-order valence-corrected chi connectivity index (χ0v) is 16.5. The maximum Gasteiger partial charge on any atom is 0.251 e. The minimum absolute atomic E-state index is 0.120. The van der Waals surface area contributed by atoms with E-state index in [4.69, 9.17) is 0 Å². The smallest absolute Gasteiger partial charge is 0.251 e. The van der Waals surface area contributed by atoms with Crippen LogP contribution < -0.4 is 5.32 Å². The van der Waals surface area contributed by atoms with Crippen LogP contribution in [0.15, 0.2) is 73.1 Å². The zero-order valence-electron chi connectivity index (χ0n) is 16.5. The van der Waals surface area contributed by atoms with E-state index in [1.165, 1.54) is 0 Å². The summed E-state index contributed by atoms with van der Waals surface area (Å²) in [6, 6.07) is 19.3. The van der Waals surface area contributed by atoms with Crippen LogP contribution in [-0.2, 0) is 6.42 Å². The predicted octanol–water partition coefficient (Wildman–Crippen LogP) is 3.93. The van der Waals surface area contributed by atoms with Crippen molar-refractivity contribution in [2.75, 3.05) is 0 Å². The van der Waals surface area contributed by atoms with Gasteiger partial charge in [-0.15, -0.1) is 0 Å². The summed E-state index contributed by atoms with van der Waals surface area (Å²) >= 11 is 0. The van der Waals surface area contributed by atoms with Crippen LogP contribution in [0.25, 0.3) is 5.69 Å². The molecule has 1 atom stereocenters. The molecule has 2 N–H and O–H groups in total. The first-order chi connectivity index (χ1) is 14.1. The molecule has 0 bridgehead atoms. The molecule has 0 saturated heterocycles. The number of benzene rings is 2. The van der Waals surface area contributed by atoms with Gasteiger partial charge >= 0.3 is 0 Å². The first-order valence-electron chi connectivity index (χ1n) is 9.58. The highest BCUT2D eigenvalue weighted by atomic mass is 16.1. The third-order valence-corrected chi connectivity index (χ3v) is 4.84. The van der Waals surface area contributed by atoms with E-state index in [0.29, 0.717) is 12.0 Å². The van der Waals surface area contributed by atoms with Crippen LogP contribution >= 0.6 is 0 Å². The molecule has 6 nitrogen and oxygen atoms in total. The molecule has 6 heteroatoms. The molecule has 0 aliphatic carbocycles. The van der Waals surface area contributed by atoms with Crippen molar-refractivity contribution in [1.29, 1.82) is 0 Å². The van der Waals surface area contributed by atoms with E-state index in [2.05, 4.69) is 20.4 Å². The predicted molar refractivity (Wildman–Crippen MR) is 112 cm³/mol. The van der Waals surface area contributed by atoms with Crippen molar-refractivity contribution in [3.05, 3.63) is 101 Å². The Labute approximate surface area is 169 Å². The van der Waals surface area contributed by atoms with E-state index >= 15 is 0 Å². The van der Waals surface area contributed by atoms with Gasteiger partial charge in [0.2, 0.25) is 0 Å². The largest absolute Gasteiger partial charge is 0.349 e. The second-order valence-corrected chi connectivity index (χ2v) is 7.06. The van der Waals surface area contributed by atoms with Crippen LogP contribution in [0.5, 0.6) is 0 Å². The molecule has 146 valence electrons. The number of amides is 1. The molecular weight excluding hydrogens is 362 g/mol. The number of carbonyl (C=O) groups excluding carboxylic acids is 1. The molecular formula is C23H23N5O. The fourth-order valence-electron chi connectivity index (χ4n) is 3.43. The lowest BCUT2D eigenvalue weighted by Gasteiger charge is -2.18. The van der Waals surface area contributed by atoms with Gasteiger partial charge in [0.05, 0.1) is 17.4 Å². The zero-order chi connectivity index (χ0) is 20.2. The molecule has 2 heterocycles. The van der Waals surface area contributed by atoms with Crippen molar-refractivity contribution < 1.29 is 4.79 Å². The molecule has 2 aromatic carbocycles. The van der Waals surface area contributed by atoms with Gasteiger partial charge in [0.15, 0.2) is 0 Å². The standard InChI is InChI=1S/C23H23N5O/c1-16-14-17(2)28(27-16)20-10-8-19(9-11-20)23(29)26-21(15-22-24-12-13-25-22)18-6-4-3-5-7-18/h3-14,21H,15H2,1-2H3,(H,24,25)(H,26,29)/t21-/m1/s1. The molecule has 0 spiro atoms. The van der Waals surface area contributed by atoms with Crippen LogP contribution in [0.1, 0.15) is 39.2 Å². The van der Waals surface area contributed by atoms with Gasteiger partial charge < -0.3 is 10.3 Å². The van der Waals surface area contributed by atoms with Gasteiger partial charge in [0.25, 0.3) is 5.91 Å². The Hall–Kier alpha value is -3.67. The van der Waals surface area contributed by atoms with Crippen LogP contribution in [0.4, 0.5) is 0 Å². The molecule has 2 aromatic heterocycles. The summed E-state index contributed by atoms with van der Waals surface area (Å²) in [7, 11) is 0. The Kier molecular flexibility index (Phi) is 5.24. The fourth-order valence-corrected chi connectivity index (χ4v) is 3.43. The number of imidazole rings is 1. The van der Waals surface area contributed by atoms with Crippen molar-refractivity contribution >= 4 is 5.91 Å². The number of aromatic amines is 1. The van der Waals surface area contributed by atoms with Crippen molar-refractivity contribution in [1.82, 2.24) is 25.1 Å². The first-order valence-corrected chi connectivity index (χ1v) is 9.58.